The normalized spacial score (nSPS) is 31.4. The lowest BCUT2D eigenvalue weighted by atomic mass is 9.86. The van der Waals surface area contributed by atoms with Gasteiger partial charge in [0.25, 0.3) is 0 Å². The van der Waals surface area contributed by atoms with Gasteiger partial charge in [0.1, 0.15) is 0 Å². The lowest BCUT2D eigenvalue weighted by Gasteiger charge is -2.34. The third-order valence-corrected chi connectivity index (χ3v) is 4.32. The number of hydrogen-bond acceptors (Lipinski definition) is 4. The van der Waals surface area contributed by atoms with Gasteiger partial charge < -0.3 is 4.90 Å². The van der Waals surface area contributed by atoms with Crippen LogP contribution in [0.3, 0.4) is 0 Å². The number of imide groups is 1. The van der Waals surface area contributed by atoms with Crippen molar-refractivity contribution in [1.82, 2.24) is 14.7 Å². The summed E-state index contributed by atoms with van der Waals surface area (Å²) in [5, 5.41) is 0. The van der Waals surface area contributed by atoms with Crippen molar-refractivity contribution in [2.75, 3.05) is 39.9 Å². The second kappa shape index (κ2) is 4.97. The van der Waals surface area contributed by atoms with E-state index in [0.717, 1.165) is 32.6 Å². The van der Waals surface area contributed by atoms with Crippen LogP contribution in [0.4, 0.5) is 0 Å². The zero-order chi connectivity index (χ0) is 13.3. The first-order chi connectivity index (χ1) is 8.46. The molecule has 1 unspecified atom stereocenters. The van der Waals surface area contributed by atoms with Crippen molar-refractivity contribution >= 4 is 11.8 Å². The molecule has 0 spiro atoms. The Morgan fingerprint density at radius 3 is 2.28 bits per heavy atom. The minimum Gasteiger partial charge on any atom is -0.304 e. The van der Waals surface area contributed by atoms with Crippen molar-refractivity contribution in [3.8, 4) is 0 Å². The first-order valence-electron chi connectivity index (χ1n) is 6.72. The molecule has 5 nitrogen and oxygen atoms in total. The molecule has 2 rings (SSSR count). The van der Waals surface area contributed by atoms with Gasteiger partial charge in [-0.05, 0) is 13.5 Å². The highest BCUT2D eigenvalue weighted by molar-refractivity contribution is 6.05. The van der Waals surface area contributed by atoms with E-state index in [1.807, 2.05) is 13.8 Å². The molecule has 0 radical (unpaired) electrons. The lowest BCUT2D eigenvalue weighted by molar-refractivity contribution is -0.144. The summed E-state index contributed by atoms with van der Waals surface area (Å²) in [6, 6.07) is 0. The minimum absolute atomic E-state index is 0.00827. The van der Waals surface area contributed by atoms with E-state index in [9.17, 15) is 9.59 Å². The Bertz CT molecular complexity index is 350. The van der Waals surface area contributed by atoms with Crippen molar-refractivity contribution in [3.63, 3.8) is 0 Å². The van der Waals surface area contributed by atoms with Gasteiger partial charge >= 0.3 is 0 Å². The average Bonchev–Trinajstić information content (AvgIpc) is 2.56. The Morgan fingerprint density at radius 2 is 1.78 bits per heavy atom. The van der Waals surface area contributed by atoms with Crippen LogP contribution in [-0.2, 0) is 9.59 Å². The van der Waals surface area contributed by atoms with E-state index in [0.29, 0.717) is 13.1 Å². The molecule has 1 atom stereocenters. The molecule has 0 aliphatic carbocycles. The molecule has 2 aliphatic heterocycles. The van der Waals surface area contributed by atoms with Crippen LogP contribution in [0, 0.1) is 5.41 Å². The van der Waals surface area contributed by atoms with Crippen LogP contribution in [0.5, 0.6) is 0 Å². The zero-order valence-electron chi connectivity index (χ0n) is 11.6. The van der Waals surface area contributed by atoms with Crippen LogP contribution in [0.25, 0.3) is 0 Å². The molecule has 18 heavy (non-hydrogen) atoms. The number of piperazine rings is 1. The molecule has 0 aromatic rings. The monoisotopic (exact) mass is 253 g/mol. The first-order valence-corrected chi connectivity index (χ1v) is 6.72. The quantitative estimate of drug-likeness (QED) is 0.682. The maximum absolute atomic E-state index is 12.3. The molecule has 2 saturated heterocycles. The van der Waals surface area contributed by atoms with Crippen LogP contribution in [0.1, 0.15) is 26.7 Å². The van der Waals surface area contributed by atoms with Gasteiger partial charge in [-0.1, -0.05) is 13.8 Å². The molecule has 2 aliphatic rings. The highest BCUT2D eigenvalue weighted by Crippen LogP contribution is 2.35. The van der Waals surface area contributed by atoms with Crippen molar-refractivity contribution < 1.29 is 9.59 Å². The molecule has 2 fully saturated rings. The number of likely N-dealkylation sites (N-methyl/N-ethyl adjacent to an activating group) is 1. The van der Waals surface area contributed by atoms with E-state index in [4.69, 9.17) is 0 Å². The number of nitrogens with zero attached hydrogens (tertiary/aromatic N) is 3. The standard InChI is InChI=1S/C13H23N3O2/c1-4-13(2)9-11(17)16(12(13)18)10-15-7-5-14(3)6-8-15/h4-10H2,1-3H3. The smallest absolute Gasteiger partial charge is 0.236 e. The van der Waals surface area contributed by atoms with Crippen LogP contribution < -0.4 is 0 Å². The van der Waals surface area contributed by atoms with Gasteiger partial charge in [0, 0.05) is 32.6 Å². The molecule has 0 N–H and O–H groups in total. The molecule has 0 aromatic heterocycles. The molecule has 0 saturated carbocycles. The summed E-state index contributed by atoms with van der Waals surface area (Å²) in [6.07, 6.45) is 1.10. The van der Waals surface area contributed by atoms with E-state index in [1.54, 1.807) is 0 Å². The fourth-order valence-corrected chi connectivity index (χ4v) is 2.55. The Morgan fingerprint density at radius 1 is 1.17 bits per heavy atom. The first kappa shape index (κ1) is 13.5. The average molecular weight is 253 g/mol. The Kier molecular flexibility index (Phi) is 3.73. The fraction of sp³-hybridized carbons (Fsp3) is 0.846. The molecule has 2 heterocycles. The summed E-state index contributed by atoms with van der Waals surface area (Å²) in [4.78, 5) is 30.1. The molecule has 0 bridgehead atoms. The summed E-state index contributed by atoms with van der Waals surface area (Å²) < 4.78 is 0. The third kappa shape index (κ3) is 2.42. The molecule has 5 heteroatoms. The number of likely N-dealkylation sites (tertiary alicyclic amines) is 1. The van der Waals surface area contributed by atoms with Crippen LogP contribution in [0.2, 0.25) is 0 Å². The van der Waals surface area contributed by atoms with Crippen molar-refractivity contribution in [2.45, 2.75) is 26.7 Å². The highest BCUT2D eigenvalue weighted by atomic mass is 16.2. The van der Waals surface area contributed by atoms with Crippen molar-refractivity contribution in [3.05, 3.63) is 0 Å². The maximum atomic E-state index is 12.3. The number of carbonyl (C=O) groups is 2. The number of rotatable bonds is 3. The van der Waals surface area contributed by atoms with E-state index in [1.165, 1.54) is 4.90 Å². The third-order valence-electron chi connectivity index (χ3n) is 4.32. The van der Waals surface area contributed by atoms with E-state index >= 15 is 0 Å². The maximum Gasteiger partial charge on any atom is 0.236 e. The number of hydrogen-bond donors (Lipinski definition) is 0. The highest BCUT2D eigenvalue weighted by Gasteiger charge is 2.47. The Balaban J connectivity index is 1.97. The van der Waals surface area contributed by atoms with Gasteiger partial charge in [-0.25, -0.2) is 0 Å². The van der Waals surface area contributed by atoms with Gasteiger partial charge in [0.2, 0.25) is 11.8 Å². The van der Waals surface area contributed by atoms with Gasteiger partial charge in [0.15, 0.2) is 0 Å². The topological polar surface area (TPSA) is 43.9 Å². The minimum atomic E-state index is -0.469. The zero-order valence-corrected chi connectivity index (χ0v) is 11.6. The Labute approximate surface area is 109 Å². The lowest BCUT2D eigenvalue weighted by Crippen LogP contribution is -2.50. The second-order valence-electron chi connectivity index (χ2n) is 5.78. The van der Waals surface area contributed by atoms with Crippen LogP contribution in [-0.4, -0.2) is 66.4 Å². The molecule has 102 valence electrons. The molecule has 2 amide bonds. The number of amides is 2. The van der Waals surface area contributed by atoms with E-state index in [2.05, 4.69) is 16.8 Å². The van der Waals surface area contributed by atoms with Gasteiger partial charge in [-0.3, -0.25) is 19.4 Å². The molecule has 0 aromatic carbocycles. The SMILES string of the molecule is CCC1(C)CC(=O)N(CN2CCN(C)CC2)C1=O. The van der Waals surface area contributed by atoms with Crippen LogP contribution in [0.15, 0.2) is 0 Å². The molecular weight excluding hydrogens is 230 g/mol. The predicted octanol–water partition coefficient (Wildman–Crippen LogP) is 0.367. The van der Waals surface area contributed by atoms with Crippen LogP contribution >= 0.6 is 0 Å². The summed E-state index contributed by atoms with van der Waals surface area (Å²) >= 11 is 0. The van der Waals surface area contributed by atoms with Gasteiger partial charge in [-0.15, -0.1) is 0 Å². The van der Waals surface area contributed by atoms with Crippen molar-refractivity contribution in [2.24, 2.45) is 5.41 Å². The van der Waals surface area contributed by atoms with Gasteiger partial charge in [0.05, 0.1) is 12.1 Å². The van der Waals surface area contributed by atoms with Gasteiger partial charge in [-0.2, -0.15) is 0 Å². The largest absolute Gasteiger partial charge is 0.304 e. The summed E-state index contributed by atoms with van der Waals surface area (Å²) in [5.41, 5.74) is -0.469. The predicted molar refractivity (Wildman–Crippen MR) is 68.8 cm³/mol. The molecular formula is C13H23N3O2. The van der Waals surface area contributed by atoms with Crippen molar-refractivity contribution in [1.29, 1.82) is 0 Å². The second-order valence-corrected chi connectivity index (χ2v) is 5.78. The van der Waals surface area contributed by atoms with E-state index < -0.39 is 5.41 Å². The number of carbonyl (C=O) groups excluding carboxylic acids is 2. The Hall–Kier alpha value is -0.940. The summed E-state index contributed by atoms with van der Waals surface area (Å²) in [7, 11) is 2.09. The van der Waals surface area contributed by atoms with E-state index in [-0.39, 0.29) is 11.8 Å². The summed E-state index contributed by atoms with van der Waals surface area (Å²) in [6.45, 7) is 8.21. The summed E-state index contributed by atoms with van der Waals surface area (Å²) in [5.74, 6) is -0.00259. The fourth-order valence-electron chi connectivity index (χ4n) is 2.55.